The highest BCUT2D eigenvalue weighted by molar-refractivity contribution is 5.75. The van der Waals surface area contributed by atoms with Gasteiger partial charge in [-0.2, -0.15) is 0 Å². The molecule has 3 rings (SSSR count). The highest BCUT2D eigenvalue weighted by atomic mass is 19.1. The SMILES string of the molecule is O=[N+]([O-])c1ccc(Oc2ccc3nccnc3c2)c(F)c1. The number of non-ortho nitro benzene ring substituents is 1. The number of nitrogens with zero attached hydrogens (tertiary/aromatic N) is 3. The lowest BCUT2D eigenvalue weighted by atomic mass is 10.2. The Balaban J connectivity index is 1.93. The molecule has 0 amide bonds. The van der Waals surface area contributed by atoms with Crippen molar-refractivity contribution in [2.75, 3.05) is 0 Å². The molecule has 0 spiro atoms. The number of fused-ring (bicyclic) bond motifs is 1. The minimum Gasteiger partial charge on any atom is -0.454 e. The third-order valence-corrected chi connectivity index (χ3v) is 2.79. The molecule has 0 N–H and O–H groups in total. The van der Waals surface area contributed by atoms with E-state index in [9.17, 15) is 14.5 Å². The van der Waals surface area contributed by atoms with E-state index in [2.05, 4.69) is 9.97 Å². The molecule has 0 aliphatic heterocycles. The van der Waals surface area contributed by atoms with Gasteiger partial charge in [0.25, 0.3) is 5.69 Å². The number of hydrogen-bond donors (Lipinski definition) is 0. The zero-order valence-electron chi connectivity index (χ0n) is 10.6. The van der Waals surface area contributed by atoms with Crippen LogP contribution in [0.1, 0.15) is 0 Å². The number of nitro benzene ring substituents is 1. The first-order chi connectivity index (χ1) is 10.1. The number of benzene rings is 2. The smallest absolute Gasteiger partial charge is 0.272 e. The van der Waals surface area contributed by atoms with Crippen LogP contribution in [0.4, 0.5) is 10.1 Å². The Bertz CT molecular complexity index is 839. The van der Waals surface area contributed by atoms with E-state index in [1.165, 1.54) is 12.1 Å². The Hall–Kier alpha value is -3.09. The van der Waals surface area contributed by atoms with Crippen LogP contribution in [-0.4, -0.2) is 14.9 Å². The first-order valence-electron chi connectivity index (χ1n) is 5.96. The summed E-state index contributed by atoms with van der Waals surface area (Å²) in [4.78, 5) is 18.1. The number of hydrogen-bond acceptors (Lipinski definition) is 5. The molecule has 0 aliphatic rings. The second kappa shape index (κ2) is 5.12. The second-order valence-corrected chi connectivity index (χ2v) is 4.18. The molecule has 104 valence electrons. The number of rotatable bonds is 3. The summed E-state index contributed by atoms with van der Waals surface area (Å²) in [7, 11) is 0. The largest absolute Gasteiger partial charge is 0.454 e. The van der Waals surface area contributed by atoms with Crippen molar-refractivity contribution in [3.8, 4) is 11.5 Å². The summed E-state index contributed by atoms with van der Waals surface area (Å²) in [5.41, 5.74) is 0.968. The van der Waals surface area contributed by atoms with E-state index >= 15 is 0 Å². The normalized spacial score (nSPS) is 10.5. The fourth-order valence-corrected chi connectivity index (χ4v) is 1.82. The monoisotopic (exact) mass is 285 g/mol. The summed E-state index contributed by atoms with van der Waals surface area (Å²) in [6.45, 7) is 0. The molecule has 0 saturated carbocycles. The molecule has 21 heavy (non-hydrogen) atoms. The molecule has 3 aromatic rings. The average molecular weight is 285 g/mol. The Morgan fingerprint density at radius 2 is 1.81 bits per heavy atom. The van der Waals surface area contributed by atoms with Crippen molar-refractivity contribution in [3.05, 3.63) is 64.7 Å². The first kappa shape index (κ1) is 12.9. The van der Waals surface area contributed by atoms with Crippen molar-refractivity contribution in [1.29, 1.82) is 0 Å². The molecule has 0 bridgehead atoms. The fourth-order valence-electron chi connectivity index (χ4n) is 1.82. The van der Waals surface area contributed by atoms with Gasteiger partial charge in [0, 0.05) is 24.5 Å². The predicted molar refractivity (Wildman–Crippen MR) is 72.7 cm³/mol. The molecule has 6 nitrogen and oxygen atoms in total. The maximum absolute atomic E-state index is 13.8. The molecule has 1 aromatic heterocycles. The van der Waals surface area contributed by atoms with Crippen LogP contribution in [0.15, 0.2) is 48.8 Å². The highest BCUT2D eigenvalue weighted by Gasteiger charge is 2.12. The van der Waals surface area contributed by atoms with Crippen LogP contribution >= 0.6 is 0 Å². The van der Waals surface area contributed by atoms with Gasteiger partial charge in [-0.15, -0.1) is 0 Å². The zero-order valence-corrected chi connectivity index (χ0v) is 10.6. The number of halogens is 1. The molecule has 7 heteroatoms. The predicted octanol–water partition coefficient (Wildman–Crippen LogP) is 3.47. The van der Waals surface area contributed by atoms with Gasteiger partial charge < -0.3 is 4.74 Å². The van der Waals surface area contributed by atoms with Gasteiger partial charge in [0.05, 0.1) is 22.0 Å². The number of nitro groups is 1. The van der Waals surface area contributed by atoms with Gasteiger partial charge in [-0.3, -0.25) is 20.1 Å². The van der Waals surface area contributed by atoms with E-state index in [0.717, 1.165) is 6.07 Å². The van der Waals surface area contributed by atoms with Gasteiger partial charge in [-0.05, 0) is 18.2 Å². The summed E-state index contributed by atoms with van der Waals surface area (Å²) < 4.78 is 19.1. The Kier molecular flexibility index (Phi) is 3.15. The lowest BCUT2D eigenvalue weighted by Crippen LogP contribution is -1.93. The van der Waals surface area contributed by atoms with Crippen LogP contribution in [0.2, 0.25) is 0 Å². The van der Waals surface area contributed by atoms with Crippen LogP contribution in [0.5, 0.6) is 11.5 Å². The van der Waals surface area contributed by atoms with E-state index in [1.807, 2.05) is 0 Å². The van der Waals surface area contributed by atoms with Crippen LogP contribution in [-0.2, 0) is 0 Å². The van der Waals surface area contributed by atoms with Gasteiger partial charge in [0.1, 0.15) is 5.75 Å². The molecule has 1 heterocycles. The van der Waals surface area contributed by atoms with Gasteiger partial charge in [0.15, 0.2) is 11.6 Å². The van der Waals surface area contributed by atoms with Crippen molar-refractivity contribution >= 4 is 16.7 Å². The summed E-state index contributed by atoms with van der Waals surface area (Å²) in [6.07, 6.45) is 3.11. The van der Waals surface area contributed by atoms with E-state index in [1.54, 1.807) is 30.6 Å². The Morgan fingerprint density at radius 1 is 1.05 bits per heavy atom. The van der Waals surface area contributed by atoms with E-state index < -0.39 is 10.7 Å². The maximum Gasteiger partial charge on any atom is 0.272 e. The molecule has 0 radical (unpaired) electrons. The molecule has 0 saturated heterocycles. The van der Waals surface area contributed by atoms with Crippen LogP contribution in [0, 0.1) is 15.9 Å². The molecular formula is C14H8FN3O3. The molecule has 0 unspecified atom stereocenters. The van der Waals surface area contributed by atoms with Crippen molar-refractivity contribution < 1.29 is 14.1 Å². The molecular weight excluding hydrogens is 277 g/mol. The number of ether oxygens (including phenoxy) is 1. The minimum absolute atomic E-state index is 0.0937. The fraction of sp³-hybridized carbons (Fsp3) is 0. The topological polar surface area (TPSA) is 78.2 Å². The zero-order chi connectivity index (χ0) is 14.8. The van der Waals surface area contributed by atoms with E-state index in [-0.39, 0.29) is 11.4 Å². The Labute approximate surface area is 118 Å². The van der Waals surface area contributed by atoms with Crippen LogP contribution < -0.4 is 4.74 Å². The van der Waals surface area contributed by atoms with Crippen LogP contribution in [0.3, 0.4) is 0 Å². The average Bonchev–Trinajstić information content (AvgIpc) is 2.49. The lowest BCUT2D eigenvalue weighted by molar-refractivity contribution is -0.385. The van der Waals surface area contributed by atoms with Gasteiger partial charge in [-0.25, -0.2) is 4.39 Å². The third-order valence-electron chi connectivity index (χ3n) is 2.79. The molecule has 0 fully saturated rings. The molecule has 0 atom stereocenters. The summed E-state index contributed by atoms with van der Waals surface area (Å²) in [6, 6.07) is 8.14. The molecule has 0 aliphatic carbocycles. The van der Waals surface area contributed by atoms with Gasteiger partial charge >= 0.3 is 0 Å². The second-order valence-electron chi connectivity index (χ2n) is 4.18. The quantitative estimate of drug-likeness (QED) is 0.544. The number of aromatic nitrogens is 2. The van der Waals surface area contributed by atoms with Gasteiger partial charge in [0.2, 0.25) is 0 Å². The third kappa shape index (κ3) is 2.62. The van der Waals surface area contributed by atoms with Gasteiger partial charge in [-0.1, -0.05) is 0 Å². The van der Waals surface area contributed by atoms with Crippen LogP contribution in [0.25, 0.3) is 11.0 Å². The van der Waals surface area contributed by atoms with Crippen molar-refractivity contribution in [2.45, 2.75) is 0 Å². The Morgan fingerprint density at radius 3 is 2.52 bits per heavy atom. The van der Waals surface area contributed by atoms with Crippen molar-refractivity contribution in [3.63, 3.8) is 0 Å². The summed E-state index contributed by atoms with van der Waals surface area (Å²) in [5.74, 6) is -0.525. The maximum atomic E-state index is 13.8. The van der Waals surface area contributed by atoms with Crippen molar-refractivity contribution in [2.24, 2.45) is 0 Å². The lowest BCUT2D eigenvalue weighted by Gasteiger charge is -2.07. The summed E-state index contributed by atoms with van der Waals surface area (Å²) in [5, 5.41) is 10.6. The highest BCUT2D eigenvalue weighted by Crippen LogP contribution is 2.28. The van der Waals surface area contributed by atoms with E-state index in [0.29, 0.717) is 16.8 Å². The first-order valence-corrected chi connectivity index (χ1v) is 5.96. The minimum atomic E-state index is -0.802. The van der Waals surface area contributed by atoms with Crippen molar-refractivity contribution in [1.82, 2.24) is 9.97 Å². The molecule has 2 aromatic carbocycles. The summed E-state index contributed by atoms with van der Waals surface area (Å²) >= 11 is 0. The van der Waals surface area contributed by atoms with E-state index in [4.69, 9.17) is 4.74 Å². The standard InChI is InChI=1S/C14H8FN3O3/c15-11-7-9(18(19)20)1-4-14(11)21-10-2-3-12-13(8-10)17-6-5-16-12/h1-8H.